The number of nitrogens with one attached hydrogen (secondary N) is 1. The fourth-order valence-electron chi connectivity index (χ4n) is 2.78. The molecule has 1 fully saturated rings. The van der Waals surface area contributed by atoms with Crippen molar-refractivity contribution in [2.24, 2.45) is 5.73 Å². The van der Waals surface area contributed by atoms with Crippen LogP contribution < -0.4 is 11.1 Å². The molecule has 2 rings (SSSR count). The molecular weight excluding hydrogens is 264 g/mol. The predicted octanol–water partition coefficient (Wildman–Crippen LogP) is 1.21. The minimum Gasteiger partial charge on any atom is -0.354 e. The number of aryl methyl sites for hydroxylation is 1. The second-order valence-corrected chi connectivity index (χ2v) is 5.77. The molecule has 2 heterocycles. The SMILES string of the molecule is Cc1ccc(CN2CCCCC2CNC(=O)CCN)cn1. The zero-order chi connectivity index (χ0) is 15.1. The van der Waals surface area contributed by atoms with E-state index in [1.54, 1.807) is 0 Å². The summed E-state index contributed by atoms with van der Waals surface area (Å²) in [6.45, 7) is 5.13. The Morgan fingerprint density at radius 3 is 3.05 bits per heavy atom. The number of likely N-dealkylation sites (tertiary alicyclic amines) is 1. The smallest absolute Gasteiger partial charge is 0.221 e. The lowest BCUT2D eigenvalue weighted by Gasteiger charge is -2.35. The Morgan fingerprint density at radius 1 is 1.48 bits per heavy atom. The molecule has 0 saturated carbocycles. The van der Waals surface area contributed by atoms with Crippen molar-refractivity contribution in [3.63, 3.8) is 0 Å². The number of hydrogen-bond acceptors (Lipinski definition) is 4. The minimum absolute atomic E-state index is 0.0556. The molecule has 0 aromatic carbocycles. The van der Waals surface area contributed by atoms with Crippen molar-refractivity contribution in [3.8, 4) is 0 Å². The lowest BCUT2D eigenvalue weighted by atomic mass is 10.0. The monoisotopic (exact) mass is 290 g/mol. The number of carbonyl (C=O) groups is 1. The Labute approximate surface area is 126 Å². The third kappa shape index (κ3) is 5.10. The standard InChI is InChI=1S/C16H26N4O/c1-13-5-6-14(10-18-13)12-20-9-3-2-4-15(20)11-19-16(21)7-8-17/h5-6,10,15H,2-4,7-9,11-12,17H2,1H3,(H,19,21). The molecule has 3 N–H and O–H groups in total. The van der Waals surface area contributed by atoms with Gasteiger partial charge in [0.1, 0.15) is 0 Å². The van der Waals surface area contributed by atoms with E-state index >= 15 is 0 Å². The number of carbonyl (C=O) groups excluding carboxylic acids is 1. The van der Waals surface area contributed by atoms with Gasteiger partial charge in [0.25, 0.3) is 0 Å². The molecule has 1 amide bonds. The van der Waals surface area contributed by atoms with Gasteiger partial charge in [-0.2, -0.15) is 0 Å². The van der Waals surface area contributed by atoms with E-state index in [9.17, 15) is 4.79 Å². The third-order valence-corrected chi connectivity index (χ3v) is 4.01. The van der Waals surface area contributed by atoms with Crippen molar-refractivity contribution in [1.82, 2.24) is 15.2 Å². The predicted molar refractivity (Wildman–Crippen MR) is 83.7 cm³/mol. The summed E-state index contributed by atoms with van der Waals surface area (Å²) >= 11 is 0. The Balaban J connectivity index is 1.89. The van der Waals surface area contributed by atoms with Gasteiger partial charge in [0.15, 0.2) is 0 Å². The molecule has 1 saturated heterocycles. The highest BCUT2D eigenvalue weighted by molar-refractivity contribution is 5.76. The maximum absolute atomic E-state index is 11.6. The molecule has 1 aliphatic heterocycles. The second kappa shape index (κ2) is 8.10. The molecule has 0 bridgehead atoms. The quantitative estimate of drug-likeness (QED) is 0.826. The average molecular weight is 290 g/mol. The van der Waals surface area contributed by atoms with Crippen LogP contribution in [0.5, 0.6) is 0 Å². The van der Waals surface area contributed by atoms with Gasteiger partial charge in [0, 0.05) is 44.0 Å². The van der Waals surface area contributed by atoms with Crippen LogP contribution in [0, 0.1) is 6.92 Å². The zero-order valence-electron chi connectivity index (χ0n) is 12.8. The van der Waals surface area contributed by atoms with E-state index in [2.05, 4.69) is 27.3 Å². The van der Waals surface area contributed by atoms with E-state index in [-0.39, 0.29) is 5.91 Å². The summed E-state index contributed by atoms with van der Waals surface area (Å²) in [7, 11) is 0. The van der Waals surface area contributed by atoms with Gasteiger partial charge in [-0.05, 0) is 37.9 Å². The number of piperidine rings is 1. The molecule has 0 radical (unpaired) electrons. The molecule has 1 aromatic heterocycles. The molecular formula is C16H26N4O. The van der Waals surface area contributed by atoms with Crippen LogP contribution in [0.15, 0.2) is 18.3 Å². The van der Waals surface area contributed by atoms with Crippen molar-refractivity contribution < 1.29 is 4.79 Å². The Bertz CT molecular complexity index is 446. The average Bonchev–Trinajstić information content (AvgIpc) is 2.49. The van der Waals surface area contributed by atoms with Gasteiger partial charge >= 0.3 is 0 Å². The van der Waals surface area contributed by atoms with Crippen LogP contribution in [-0.2, 0) is 11.3 Å². The molecule has 1 aliphatic rings. The number of pyridine rings is 1. The first-order valence-corrected chi connectivity index (χ1v) is 7.81. The fourth-order valence-corrected chi connectivity index (χ4v) is 2.78. The van der Waals surface area contributed by atoms with Crippen LogP contribution in [0.25, 0.3) is 0 Å². The van der Waals surface area contributed by atoms with Gasteiger partial charge in [0.05, 0.1) is 0 Å². The molecule has 21 heavy (non-hydrogen) atoms. The first-order valence-electron chi connectivity index (χ1n) is 7.81. The normalized spacial score (nSPS) is 19.4. The third-order valence-electron chi connectivity index (χ3n) is 4.01. The summed E-state index contributed by atoms with van der Waals surface area (Å²) in [5.74, 6) is 0.0556. The maximum atomic E-state index is 11.6. The number of nitrogens with two attached hydrogens (primary N) is 1. The highest BCUT2D eigenvalue weighted by Gasteiger charge is 2.22. The fraction of sp³-hybridized carbons (Fsp3) is 0.625. The minimum atomic E-state index is 0.0556. The highest BCUT2D eigenvalue weighted by atomic mass is 16.1. The molecule has 5 nitrogen and oxygen atoms in total. The van der Waals surface area contributed by atoms with Gasteiger partial charge in [-0.15, -0.1) is 0 Å². The van der Waals surface area contributed by atoms with E-state index in [1.165, 1.54) is 18.4 Å². The van der Waals surface area contributed by atoms with Gasteiger partial charge < -0.3 is 11.1 Å². The zero-order valence-corrected chi connectivity index (χ0v) is 12.8. The molecule has 1 atom stereocenters. The van der Waals surface area contributed by atoms with Crippen molar-refractivity contribution >= 4 is 5.91 Å². The topological polar surface area (TPSA) is 71.2 Å². The molecule has 5 heteroatoms. The highest BCUT2D eigenvalue weighted by Crippen LogP contribution is 2.19. The van der Waals surface area contributed by atoms with Gasteiger partial charge in [0.2, 0.25) is 5.91 Å². The summed E-state index contributed by atoms with van der Waals surface area (Å²) < 4.78 is 0. The van der Waals surface area contributed by atoms with Crippen molar-refractivity contribution in [2.75, 3.05) is 19.6 Å². The summed E-state index contributed by atoms with van der Waals surface area (Å²) in [6, 6.07) is 4.61. The van der Waals surface area contributed by atoms with Crippen molar-refractivity contribution in [1.29, 1.82) is 0 Å². The van der Waals surface area contributed by atoms with Crippen molar-refractivity contribution in [3.05, 3.63) is 29.6 Å². The van der Waals surface area contributed by atoms with Crippen LogP contribution in [0.1, 0.15) is 36.9 Å². The largest absolute Gasteiger partial charge is 0.354 e. The molecule has 116 valence electrons. The summed E-state index contributed by atoms with van der Waals surface area (Å²) in [5.41, 5.74) is 7.68. The molecule has 0 aliphatic carbocycles. The van der Waals surface area contributed by atoms with Gasteiger partial charge in [-0.25, -0.2) is 0 Å². The number of hydrogen-bond donors (Lipinski definition) is 2. The summed E-state index contributed by atoms with van der Waals surface area (Å²) in [5, 5.41) is 3.00. The maximum Gasteiger partial charge on any atom is 0.221 e. The first kappa shape index (κ1) is 15.9. The van der Waals surface area contributed by atoms with E-state index in [4.69, 9.17) is 5.73 Å². The van der Waals surface area contributed by atoms with Crippen LogP contribution in [0.4, 0.5) is 0 Å². The number of rotatable bonds is 6. The lowest BCUT2D eigenvalue weighted by molar-refractivity contribution is -0.121. The molecule has 0 spiro atoms. The Kier molecular flexibility index (Phi) is 6.14. The van der Waals surface area contributed by atoms with E-state index in [0.717, 1.165) is 31.7 Å². The number of nitrogens with zero attached hydrogens (tertiary/aromatic N) is 2. The van der Waals surface area contributed by atoms with Crippen LogP contribution >= 0.6 is 0 Å². The number of aromatic nitrogens is 1. The summed E-state index contributed by atoms with van der Waals surface area (Å²) in [6.07, 6.45) is 5.97. The van der Waals surface area contributed by atoms with Crippen molar-refractivity contribution in [2.45, 2.75) is 45.2 Å². The van der Waals surface area contributed by atoms with Crippen LogP contribution in [0.2, 0.25) is 0 Å². The molecule has 1 aromatic rings. The Morgan fingerprint density at radius 2 is 2.33 bits per heavy atom. The van der Waals surface area contributed by atoms with E-state index in [1.807, 2.05) is 13.1 Å². The first-order chi connectivity index (χ1) is 10.2. The number of amides is 1. The van der Waals surface area contributed by atoms with Crippen LogP contribution in [-0.4, -0.2) is 41.5 Å². The lowest BCUT2D eigenvalue weighted by Crippen LogP contribution is -2.46. The second-order valence-electron chi connectivity index (χ2n) is 5.77. The van der Waals surface area contributed by atoms with E-state index in [0.29, 0.717) is 19.0 Å². The van der Waals surface area contributed by atoms with Gasteiger partial charge in [-0.1, -0.05) is 12.5 Å². The molecule has 1 unspecified atom stereocenters. The summed E-state index contributed by atoms with van der Waals surface area (Å²) in [4.78, 5) is 18.4. The van der Waals surface area contributed by atoms with E-state index < -0.39 is 0 Å². The van der Waals surface area contributed by atoms with Gasteiger partial charge in [-0.3, -0.25) is 14.7 Å². The Hall–Kier alpha value is -1.46. The van der Waals surface area contributed by atoms with Crippen LogP contribution in [0.3, 0.4) is 0 Å².